The highest BCUT2D eigenvalue weighted by atomic mass is 32.1. The van der Waals surface area contributed by atoms with Gasteiger partial charge in [-0.2, -0.15) is 11.3 Å². The number of hydrogen-bond donors (Lipinski definition) is 1. The van der Waals surface area contributed by atoms with Crippen molar-refractivity contribution >= 4 is 17.1 Å². The first-order chi connectivity index (χ1) is 8.36. The van der Waals surface area contributed by atoms with Crippen molar-refractivity contribution in [3.63, 3.8) is 0 Å². The molecule has 2 heterocycles. The van der Waals surface area contributed by atoms with Crippen molar-refractivity contribution in [2.75, 3.05) is 6.54 Å². The topological polar surface area (TPSA) is 29.1 Å². The molecule has 0 fully saturated rings. The summed E-state index contributed by atoms with van der Waals surface area (Å²) in [5.41, 5.74) is 4.17. The second-order valence-corrected chi connectivity index (χ2v) is 4.99. The number of hydrogen-bond acceptors (Lipinski definition) is 3. The van der Waals surface area contributed by atoms with E-state index in [-0.39, 0.29) is 5.78 Å². The summed E-state index contributed by atoms with van der Waals surface area (Å²) in [5, 5.41) is 7.20. The zero-order valence-corrected chi connectivity index (χ0v) is 10.2. The van der Waals surface area contributed by atoms with Crippen LogP contribution >= 0.6 is 11.3 Å². The predicted molar refractivity (Wildman–Crippen MR) is 69.6 cm³/mol. The van der Waals surface area contributed by atoms with Crippen LogP contribution in [0.2, 0.25) is 0 Å². The molecular weight excluding hydrogens is 230 g/mol. The fourth-order valence-corrected chi connectivity index (χ4v) is 2.93. The molecular formula is C14H13NOS. The van der Waals surface area contributed by atoms with Gasteiger partial charge in [0.05, 0.1) is 0 Å². The van der Waals surface area contributed by atoms with E-state index in [4.69, 9.17) is 0 Å². The lowest BCUT2D eigenvalue weighted by Crippen LogP contribution is -2.25. The van der Waals surface area contributed by atoms with Crippen molar-refractivity contribution in [1.82, 2.24) is 5.32 Å². The van der Waals surface area contributed by atoms with Crippen LogP contribution in [-0.2, 0) is 13.0 Å². The Balaban J connectivity index is 2.06. The van der Waals surface area contributed by atoms with Crippen LogP contribution in [0.3, 0.4) is 0 Å². The van der Waals surface area contributed by atoms with Gasteiger partial charge in [-0.05, 0) is 35.5 Å². The van der Waals surface area contributed by atoms with Crippen molar-refractivity contribution in [1.29, 1.82) is 0 Å². The second kappa shape index (κ2) is 4.43. The van der Waals surface area contributed by atoms with Crippen LogP contribution in [-0.4, -0.2) is 12.3 Å². The standard InChI is InChI=1S/C14H13NOS/c16-14(11-5-7-17-9-11)13-3-1-2-10-8-15-6-4-12(10)13/h1-3,5,7,9,15H,4,6,8H2. The minimum Gasteiger partial charge on any atom is -0.312 e. The van der Waals surface area contributed by atoms with E-state index in [1.165, 1.54) is 11.1 Å². The molecule has 0 bridgehead atoms. The van der Waals surface area contributed by atoms with Gasteiger partial charge in [-0.1, -0.05) is 18.2 Å². The maximum absolute atomic E-state index is 12.4. The minimum absolute atomic E-state index is 0.157. The second-order valence-electron chi connectivity index (χ2n) is 4.21. The lowest BCUT2D eigenvalue weighted by atomic mass is 9.92. The molecule has 1 N–H and O–H groups in total. The van der Waals surface area contributed by atoms with Gasteiger partial charge in [0, 0.05) is 23.1 Å². The number of rotatable bonds is 2. The van der Waals surface area contributed by atoms with Gasteiger partial charge in [-0.25, -0.2) is 0 Å². The van der Waals surface area contributed by atoms with E-state index in [1.54, 1.807) is 11.3 Å². The van der Waals surface area contributed by atoms with Crippen LogP contribution in [0.1, 0.15) is 27.0 Å². The Kier molecular flexibility index (Phi) is 2.79. The third-order valence-corrected chi connectivity index (χ3v) is 3.85. The molecule has 86 valence electrons. The zero-order chi connectivity index (χ0) is 11.7. The normalized spacial score (nSPS) is 14.4. The zero-order valence-electron chi connectivity index (χ0n) is 9.40. The van der Waals surface area contributed by atoms with Gasteiger partial charge >= 0.3 is 0 Å². The van der Waals surface area contributed by atoms with E-state index in [2.05, 4.69) is 11.4 Å². The number of thiophene rings is 1. The fourth-order valence-electron chi connectivity index (χ4n) is 2.29. The highest BCUT2D eigenvalue weighted by molar-refractivity contribution is 7.08. The van der Waals surface area contributed by atoms with Gasteiger partial charge in [0.2, 0.25) is 0 Å². The molecule has 0 saturated carbocycles. The van der Waals surface area contributed by atoms with Crippen molar-refractivity contribution in [3.8, 4) is 0 Å². The van der Waals surface area contributed by atoms with Crippen LogP contribution in [0.5, 0.6) is 0 Å². The average molecular weight is 243 g/mol. The van der Waals surface area contributed by atoms with Crippen LogP contribution in [0.15, 0.2) is 35.0 Å². The number of carbonyl (C=O) groups excluding carboxylic acids is 1. The molecule has 2 nitrogen and oxygen atoms in total. The first kappa shape index (κ1) is 10.7. The average Bonchev–Trinajstić information content (AvgIpc) is 2.91. The van der Waals surface area contributed by atoms with Crippen molar-refractivity contribution in [3.05, 3.63) is 57.3 Å². The van der Waals surface area contributed by atoms with Gasteiger partial charge < -0.3 is 5.32 Å². The molecule has 2 aromatic rings. The van der Waals surface area contributed by atoms with Gasteiger partial charge in [-0.15, -0.1) is 0 Å². The summed E-state index contributed by atoms with van der Waals surface area (Å²) >= 11 is 1.57. The Hall–Kier alpha value is -1.45. The maximum Gasteiger partial charge on any atom is 0.194 e. The third kappa shape index (κ3) is 1.92. The summed E-state index contributed by atoms with van der Waals surface area (Å²) in [6.07, 6.45) is 0.946. The quantitative estimate of drug-likeness (QED) is 0.822. The third-order valence-electron chi connectivity index (χ3n) is 3.17. The lowest BCUT2D eigenvalue weighted by Gasteiger charge is -2.19. The predicted octanol–water partition coefficient (Wildman–Crippen LogP) is 2.62. The molecule has 1 aromatic heterocycles. The lowest BCUT2D eigenvalue weighted by molar-refractivity contribution is 0.103. The SMILES string of the molecule is O=C(c1ccsc1)c1cccc2c1CCNC2. The van der Waals surface area contributed by atoms with E-state index >= 15 is 0 Å². The first-order valence-electron chi connectivity index (χ1n) is 5.74. The molecule has 0 radical (unpaired) electrons. The number of fused-ring (bicyclic) bond motifs is 1. The molecule has 1 aliphatic heterocycles. The molecule has 0 atom stereocenters. The summed E-state index contributed by atoms with van der Waals surface area (Å²) in [6.45, 7) is 1.83. The van der Waals surface area contributed by atoms with E-state index in [1.807, 2.05) is 29.0 Å². The largest absolute Gasteiger partial charge is 0.312 e. The molecule has 0 unspecified atom stereocenters. The van der Waals surface area contributed by atoms with Gasteiger partial charge in [-0.3, -0.25) is 4.79 Å². The fraction of sp³-hybridized carbons (Fsp3) is 0.214. The number of benzene rings is 1. The molecule has 0 amide bonds. The van der Waals surface area contributed by atoms with Crippen molar-refractivity contribution in [2.24, 2.45) is 0 Å². The summed E-state index contributed by atoms with van der Waals surface area (Å²) in [7, 11) is 0. The number of nitrogens with one attached hydrogen (secondary N) is 1. The van der Waals surface area contributed by atoms with Gasteiger partial charge in [0.1, 0.15) is 0 Å². The van der Waals surface area contributed by atoms with Crippen LogP contribution < -0.4 is 5.32 Å². The highest BCUT2D eigenvalue weighted by Crippen LogP contribution is 2.22. The molecule has 0 aliphatic carbocycles. The molecule has 3 rings (SSSR count). The smallest absolute Gasteiger partial charge is 0.194 e. The van der Waals surface area contributed by atoms with Gasteiger partial charge in [0.15, 0.2) is 5.78 Å². The van der Waals surface area contributed by atoms with E-state index in [0.29, 0.717) is 0 Å². The van der Waals surface area contributed by atoms with E-state index < -0.39 is 0 Å². The summed E-state index contributed by atoms with van der Waals surface area (Å²) in [5.74, 6) is 0.157. The summed E-state index contributed by atoms with van der Waals surface area (Å²) in [6, 6.07) is 7.93. The Labute approximate surface area is 104 Å². The van der Waals surface area contributed by atoms with Gasteiger partial charge in [0.25, 0.3) is 0 Å². The summed E-state index contributed by atoms with van der Waals surface area (Å²) < 4.78 is 0. The monoisotopic (exact) mass is 243 g/mol. The Bertz CT molecular complexity index is 545. The van der Waals surface area contributed by atoms with Crippen LogP contribution in [0.25, 0.3) is 0 Å². The highest BCUT2D eigenvalue weighted by Gasteiger charge is 2.18. The van der Waals surface area contributed by atoms with E-state index in [0.717, 1.165) is 30.6 Å². The van der Waals surface area contributed by atoms with Crippen molar-refractivity contribution < 1.29 is 4.79 Å². The molecule has 17 heavy (non-hydrogen) atoms. The van der Waals surface area contributed by atoms with Crippen molar-refractivity contribution in [2.45, 2.75) is 13.0 Å². The molecule has 1 aliphatic rings. The number of carbonyl (C=O) groups is 1. The first-order valence-corrected chi connectivity index (χ1v) is 6.69. The Morgan fingerprint density at radius 2 is 2.24 bits per heavy atom. The van der Waals surface area contributed by atoms with E-state index in [9.17, 15) is 4.79 Å². The summed E-state index contributed by atoms with van der Waals surface area (Å²) in [4.78, 5) is 12.4. The molecule has 0 spiro atoms. The van der Waals surface area contributed by atoms with Crippen LogP contribution in [0.4, 0.5) is 0 Å². The van der Waals surface area contributed by atoms with Crippen LogP contribution in [0, 0.1) is 0 Å². The molecule has 1 aromatic carbocycles. The molecule has 3 heteroatoms. The Morgan fingerprint density at radius 1 is 1.29 bits per heavy atom. The Morgan fingerprint density at radius 3 is 3.06 bits per heavy atom. The maximum atomic E-state index is 12.4. The molecule has 0 saturated heterocycles. The number of ketones is 1. The minimum atomic E-state index is 0.157.